The quantitative estimate of drug-likeness (QED) is 0.893. The zero-order chi connectivity index (χ0) is 14.7. The summed E-state index contributed by atoms with van der Waals surface area (Å²) in [5.41, 5.74) is 5.29. The van der Waals surface area contributed by atoms with Crippen LogP contribution in [0.15, 0.2) is 42.5 Å². The summed E-state index contributed by atoms with van der Waals surface area (Å²) < 4.78 is 5.62. The van der Waals surface area contributed by atoms with Crippen molar-refractivity contribution in [2.45, 2.75) is 32.7 Å². The highest BCUT2D eigenvalue weighted by Crippen LogP contribution is 2.30. The molecule has 0 saturated heterocycles. The van der Waals surface area contributed by atoms with E-state index in [-0.39, 0.29) is 6.04 Å². The van der Waals surface area contributed by atoms with Gasteiger partial charge in [-0.3, -0.25) is 0 Å². The van der Waals surface area contributed by atoms with Gasteiger partial charge in [-0.05, 0) is 42.6 Å². The van der Waals surface area contributed by atoms with Crippen molar-refractivity contribution >= 4 is 0 Å². The van der Waals surface area contributed by atoms with Crippen molar-refractivity contribution in [3.8, 4) is 5.75 Å². The molecule has 0 amide bonds. The Labute approximate surface area is 127 Å². The van der Waals surface area contributed by atoms with Gasteiger partial charge in [0.15, 0.2) is 0 Å². The van der Waals surface area contributed by atoms with Gasteiger partial charge in [0.1, 0.15) is 5.75 Å². The molecule has 1 atom stereocenters. The van der Waals surface area contributed by atoms with E-state index in [0.29, 0.717) is 0 Å². The van der Waals surface area contributed by atoms with Gasteiger partial charge in [-0.25, -0.2) is 0 Å². The van der Waals surface area contributed by atoms with Crippen molar-refractivity contribution in [2.24, 2.45) is 0 Å². The SMILES string of the molecule is CCCNC(c1ccc(C)cc1)c1ccc2c(c1)CCO2. The molecule has 2 nitrogen and oxygen atoms in total. The van der Waals surface area contributed by atoms with Gasteiger partial charge in [0.2, 0.25) is 0 Å². The molecule has 1 aliphatic heterocycles. The molecular formula is C19H23NO. The van der Waals surface area contributed by atoms with Gasteiger partial charge in [-0.15, -0.1) is 0 Å². The largest absolute Gasteiger partial charge is 0.493 e. The molecule has 0 radical (unpaired) electrons. The number of nitrogens with one attached hydrogen (secondary N) is 1. The van der Waals surface area contributed by atoms with Crippen LogP contribution in [0.2, 0.25) is 0 Å². The average molecular weight is 281 g/mol. The van der Waals surface area contributed by atoms with Gasteiger partial charge >= 0.3 is 0 Å². The molecule has 21 heavy (non-hydrogen) atoms. The van der Waals surface area contributed by atoms with Crippen LogP contribution < -0.4 is 10.1 Å². The standard InChI is InChI=1S/C19H23NO/c1-3-11-20-19(15-6-4-14(2)5-7-15)17-8-9-18-16(13-17)10-12-21-18/h4-9,13,19-20H,3,10-12H2,1-2H3. The first kappa shape index (κ1) is 14.2. The lowest BCUT2D eigenvalue weighted by atomic mass is 9.95. The third kappa shape index (κ3) is 3.11. The summed E-state index contributed by atoms with van der Waals surface area (Å²) in [6, 6.07) is 15.7. The molecule has 0 spiro atoms. The minimum atomic E-state index is 0.261. The summed E-state index contributed by atoms with van der Waals surface area (Å²) in [5.74, 6) is 1.05. The second-order valence-corrected chi connectivity index (χ2v) is 5.76. The number of fused-ring (bicyclic) bond motifs is 1. The molecule has 0 saturated carbocycles. The Bertz CT molecular complexity index is 603. The van der Waals surface area contributed by atoms with Gasteiger partial charge in [0.25, 0.3) is 0 Å². The van der Waals surface area contributed by atoms with Crippen LogP contribution in [0.1, 0.15) is 41.6 Å². The lowest BCUT2D eigenvalue weighted by Crippen LogP contribution is -2.23. The second kappa shape index (κ2) is 6.31. The Hall–Kier alpha value is -1.80. The lowest BCUT2D eigenvalue weighted by Gasteiger charge is -2.20. The van der Waals surface area contributed by atoms with Crippen molar-refractivity contribution in [1.29, 1.82) is 0 Å². The van der Waals surface area contributed by atoms with E-state index in [2.05, 4.69) is 61.6 Å². The van der Waals surface area contributed by atoms with E-state index in [4.69, 9.17) is 4.74 Å². The predicted octanol–water partition coefficient (Wildman–Crippen LogP) is 4.02. The van der Waals surface area contributed by atoms with Crippen LogP contribution in [0.4, 0.5) is 0 Å². The molecule has 3 rings (SSSR count). The first-order chi connectivity index (χ1) is 10.3. The Morgan fingerprint density at radius 2 is 1.86 bits per heavy atom. The van der Waals surface area contributed by atoms with E-state index >= 15 is 0 Å². The van der Waals surface area contributed by atoms with E-state index in [9.17, 15) is 0 Å². The van der Waals surface area contributed by atoms with Crippen LogP contribution in [0, 0.1) is 6.92 Å². The molecule has 0 aromatic heterocycles. The number of hydrogen-bond donors (Lipinski definition) is 1. The maximum atomic E-state index is 5.62. The fourth-order valence-electron chi connectivity index (χ4n) is 2.86. The molecule has 1 aliphatic rings. The van der Waals surface area contributed by atoms with E-state index in [1.807, 2.05) is 0 Å². The molecular weight excluding hydrogens is 258 g/mol. The van der Waals surface area contributed by atoms with Crippen LogP contribution in [-0.4, -0.2) is 13.2 Å². The highest BCUT2D eigenvalue weighted by Gasteiger charge is 2.17. The van der Waals surface area contributed by atoms with Gasteiger partial charge in [0, 0.05) is 6.42 Å². The molecule has 1 unspecified atom stereocenters. The molecule has 0 bridgehead atoms. The molecule has 0 aliphatic carbocycles. The van der Waals surface area contributed by atoms with Crippen molar-refractivity contribution in [2.75, 3.05) is 13.2 Å². The molecule has 1 N–H and O–H groups in total. The number of ether oxygens (including phenoxy) is 1. The Morgan fingerprint density at radius 1 is 1.10 bits per heavy atom. The third-order valence-corrected chi connectivity index (χ3v) is 4.06. The maximum absolute atomic E-state index is 5.62. The summed E-state index contributed by atoms with van der Waals surface area (Å²) in [7, 11) is 0. The fraction of sp³-hybridized carbons (Fsp3) is 0.368. The minimum absolute atomic E-state index is 0.261. The van der Waals surface area contributed by atoms with E-state index in [0.717, 1.165) is 31.7 Å². The molecule has 0 fully saturated rings. The first-order valence-electron chi connectivity index (χ1n) is 7.83. The van der Waals surface area contributed by atoms with Gasteiger partial charge in [0.05, 0.1) is 12.6 Å². The maximum Gasteiger partial charge on any atom is 0.122 e. The normalized spacial score (nSPS) is 14.6. The number of benzene rings is 2. The summed E-state index contributed by atoms with van der Waals surface area (Å²) in [4.78, 5) is 0. The fourth-order valence-corrected chi connectivity index (χ4v) is 2.86. The number of rotatable bonds is 5. The smallest absolute Gasteiger partial charge is 0.122 e. The topological polar surface area (TPSA) is 21.3 Å². The summed E-state index contributed by atoms with van der Waals surface area (Å²) >= 11 is 0. The van der Waals surface area contributed by atoms with Crippen molar-refractivity contribution in [1.82, 2.24) is 5.32 Å². The minimum Gasteiger partial charge on any atom is -0.493 e. The first-order valence-corrected chi connectivity index (χ1v) is 7.83. The molecule has 2 aromatic carbocycles. The average Bonchev–Trinajstić information content (AvgIpc) is 2.97. The van der Waals surface area contributed by atoms with Crippen molar-refractivity contribution in [3.05, 3.63) is 64.7 Å². The van der Waals surface area contributed by atoms with E-state index in [1.165, 1.54) is 22.3 Å². The molecule has 2 aromatic rings. The third-order valence-electron chi connectivity index (χ3n) is 4.06. The van der Waals surface area contributed by atoms with Crippen molar-refractivity contribution in [3.63, 3.8) is 0 Å². The highest BCUT2D eigenvalue weighted by atomic mass is 16.5. The molecule has 2 heteroatoms. The zero-order valence-electron chi connectivity index (χ0n) is 12.9. The summed E-state index contributed by atoms with van der Waals surface area (Å²) in [6.45, 7) is 6.17. The van der Waals surface area contributed by atoms with Gasteiger partial charge in [-0.1, -0.05) is 48.9 Å². The van der Waals surface area contributed by atoms with Crippen LogP contribution >= 0.6 is 0 Å². The van der Waals surface area contributed by atoms with Crippen LogP contribution in [-0.2, 0) is 6.42 Å². The van der Waals surface area contributed by atoms with Crippen LogP contribution in [0.3, 0.4) is 0 Å². The summed E-state index contributed by atoms with van der Waals surface area (Å²) in [6.07, 6.45) is 2.16. The van der Waals surface area contributed by atoms with Crippen LogP contribution in [0.5, 0.6) is 5.75 Å². The zero-order valence-corrected chi connectivity index (χ0v) is 12.9. The molecule has 110 valence electrons. The van der Waals surface area contributed by atoms with E-state index in [1.54, 1.807) is 0 Å². The summed E-state index contributed by atoms with van der Waals surface area (Å²) in [5, 5.41) is 3.67. The Morgan fingerprint density at radius 3 is 2.62 bits per heavy atom. The Balaban J connectivity index is 1.93. The Kier molecular flexibility index (Phi) is 4.26. The number of hydrogen-bond acceptors (Lipinski definition) is 2. The predicted molar refractivity (Wildman–Crippen MR) is 87.0 cm³/mol. The highest BCUT2D eigenvalue weighted by molar-refractivity contribution is 5.43. The molecule has 1 heterocycles. The van der Waals surface area contributed by atoms with Crippen molar-refractivity contribution < 1.29 is 4.74 Å². The van der Waals surface area contributed by atoms with Gasteiger partial charge < -0.3 is 10.1 Å². The van der Waals surface area contributed by atoms with Gasteiger partial charge in [-0.2, -0.15) is 0 Å². The van der Waals surface area contributed by atoms with Crippen LogP contribution in [0.25, 0.3) is 0 Å². The van der Waals surface area contributed by atoms with E-state index < -0.39 is 0 Å². The monoisotopic (exact) mass is 281 g/mol. The number of aryl methyl sites for hydroxylation is 1. The lowest BCUT2D eigenvalue weighted by molar-refractivity contribution is 0.357. The second-order valence-electron chi connectivity index (χ2n) is 5.76.